The second kappa shape index (κ2) is 6.68. The average molecular weight is 345 g/mol. The number of carbonyl (C=O) groups is 2. The molecule has 0 spiro atoms. The largest absolute Gasteiger partial charge is 0.408 e. The number of alkyl halides is 3. The highest BCUT2D eigenvalue weighted by atomic mass is 19.4. The Hall–Kier alpha value is -2.92. The molecule has 0 aliphatic carbocycles. The van der Waals surface area contributed by atoms with Gasteiger partial charge in [-0.3, -0.25) is 14.3 Å². The van der Waals surface area contributed by atoms with Gasteiger partial charge in [-0.2, -0.15) is 18.3 Å². The number of hydrogen-bond donors (Lipinski definition) is 2. The quantitative estimate of drug-likeness (QED) is 0.462. The zero-order valence-corrected chi connectivity index (χ0v) is 12.7. The van der Waals surface area contributed by atoms with Crippen LogP contribution in [0.3, 0.4) is 0 Å². The van der Waals surface area contributed by atoms with E-state index >= 15 is 0 Å². The molecule has 12 heteroatoms. The lowest BCUT2D eigenvalue weighted by Crippen LogP contribution is -2.50. The molecule has 1 atom stereocenters. The molecule has 2 N–H and O–H groups in total. The summed E-state index contributed by atoms with van der Waals surface area (Å²) in [5, 5.41) is 13.7. The first kappa shape index (κ1) is 17.4. The summed E-state index contributed by atoms with van der Waals surface area (Å²) in [4.78, 5) is 22.3. The smallest absolute Gasteiger partial charge is 0.339 e. The Morgan fingerprint density at radius 3 is 2.79 bits per heavy atom. The van der Waals surface area contributed by atoms with Crippen LogP contribution in [0.15, 0.2) is 28.4 Å². The Morgan fingerprint density at radius 2 is 2.25 bits per heavy atom. The summed E-state index contributed by atoms with van der Waals surface area (Å²) < 4.78 is 40.5. The van der Waals surface area contributed by atoms with E-state index in [9.17, 15) is 22.8 Å². The van der Waals surface area contributed by atoms with Gasteiger partial charge in [0.1, 0.15) is 11.7 Å². The molecule has 2 amide bonds. The summed E-state index contributed by atoms with van der Waals surface area (Å²) in [5.41, 5.74) is 2.08. The normalized spacial score (nSPS) is 18.7. The molecule has 0 radical (unpaired) electrons. The number of nitrogens with zero attached hydrogens (tertiary/aromatic N) is 5. The summed E-state index contributed by atoms with van der Waals surface area (Å²) in [6.45, 7) is 0. The van der Waals surface area contributed by atoms with Gasteiger partial charge in [-0.15, -0.1) is 0 Å². The number of amides is 2. The molecule has 130 valence electrons. The number of rotatable bonds is 5. The monoisotopic (exact) mass is 345 g/mol. The van der Waals surface area contributed by atoms with Gasteiger partial charge in [0.15, 0.2) is 0 Å². The van der Waals surface area contributed by atoms with Gasteiger partial charge in [0, 0.05) is 32.3 Å². The van der Waals surface area contributed by atoms with E-state index in [1.165, 1.54) is 17.8 Å². The molecule has 9 nitrogen and oxygen atoms in total. The third-order valence-corrected chi connectivity index (χ3v) is 3.25. The van der Waals surface area contributed by atoms with Crippen LogP contribution >= 0.6 is 0 Å². The zero-order valence-electron chi connectivity index (χ0n) is 12.7. The van der Waals surface area contributed by atoms with Crippen LogP contribution in [-0.2, 0) is 16.6 Å². The van der Waals surface area contributed by atoms with E-state index in [0.717, 1.165) is 5.01 Å². The van der Waals surface area contributed by atoms with Crippen LogP contribution < -0.4 is 10.7 Å². The van der Waals surface area contributed by atoms with Gasteiger partial charge in [-0.25, -0.2) is 10.4 Å². The lowest BCUT2D eigenvalue weighted by molar-refractivity contribution is -0.161. The van der Waals surface area contributed by atoms with Gasteiger partial charge in [0.05, 0.1) is 5.69 Å². The van der Waals surface area contributed by atoms with Gasteiger partial charge < -0.3 is 5.32 Å². The summed E-state index contributed by atoms with van der Waals surface area (Å²) in [6.07, 6.45) is -3.29. The van der Waals surface area contributed by atoms with Crippen LogP contribution in [0.25, 0.3) is 5.57 Å². The van der Waals surface area contributed by atoms with E-state index in [2.05, 4.69) is 15.5 Å². The van der Waals surface area contributed by atoms with Crippen molar-refractivity contribution in [1.29, 1.82) is 0 Å². The second-order valence-corrected chi connectivity index (χ2v) is 4.93. The van der Waals surface area contributed by atoms with Crippen LogP contribution in [0, 0.1) is 0 Å². The van der Waals surface area contributed by atoms with E-state index in [1.54, 1.807) is 13.2 Å². The van der Waals surface area contributed by atoms with Gasteiger partial charge in [0.2, 0.25) is 6.41 Å². The number of likely N-dealkylation sites (N-methyl/N-ethyl adjacent to an activating group) is 1. The summed E-state index contributed by atoms with van der Waals surface area (Å²) in [6, 6.07) is -0.528. The Bertz CT molecular complexity index is 695. The van der Waals surface area contributed by atoms with E-state index in [-0.39, 0.29) is 23.4 Å². The fourth-order valence-electron chi connectivity index (χ4n) is 2.22. The van der Waals surface area contributed by atoms with Crippen LogP contribution in [0.5, 0.6) is 0 Å². The van der Waals surface area contributed by atoms with Gasteiger partial charge in [0.25, 0.3) is 5.91 Å². The van der Waals surface area contributed by atoms with Crippen LogP contribution in [0.2, 0.25) is 0 Å². The van der Waals surface area contributed by atoms with Crippen LogP contribution in [0.4, 0.5) is 13.2 Å². The van der Waals surface area contributed by atoms with E-state index in [1.807, 2.05) is 10.7 Å². The fourth-order valence-corrected chi connectivity index (χ4v) is 2.22. The second-order valence-electron chi connectivity index (χ2n) is 4.93. The highest BCUT2D eigenvalue weighted by Crippen LogP contribution is 2.34. The molecule has 0 fully saturated rings. The summed E-state index contributed by atoms with van der Waals surface area (Å²) >= 11 is 0. The first-order chi connectivity index (χ1) is 11.2. The molecule has 1 aromatic rings. The van der Waals surface area contributed by atoms with Gasteiger partial charge in [-0.1, -0.05) is 0 Å². The molecule has 0 saturated heterocycles. The highest BCUT2D eigenvalue weighted by molar-refractivity contribution is 6.02. The third kappa shape index (κ3) is 3.70. The lowest BCUT2D eigenvalue weighted by atomic mass is 9.96. The standard InChI is InChI=1S/C12H14F3N7O2/c1-21-4-3-8(18-21)7-5-9(12(13,14)15)17-11(24)10(7)22(2)20-19-16-6-23/h3-4,6,9H,5H2,1-2H3,(H,17,24)(H,16,20,23). The molecular weight excluding hydrogens is 331 g/mol. The number of nitrogens with one attached hydrogen (secondary N) is 2. The molecule has 0 bridgehead atoms. The van der Waals surface area contributed by atoms with Gasteiger partial charge >= 0.3 is 6.18 Å². The zero-order chi connectivity index (χ0) is 17.9. The SMILES string of the molecule is CN(/N=N\NC=O)C1=C(c2ccn(C)n2)CC(C(F)(F)F)NC1=O. The molecule has 0 saturated carbocycles. The van der Waals surface area contributed by atoms with Crippen molar-refractivity contribution in [3.63, 3.8) is 0 Å². The van der Waals surface area contributed by atoms with E-state index < -0.39 is 24.5 Å². The minimum Gasteiger partial charge on any atom is -0.339 e. The molecule has 1 aliphatic rings. The lowest BCUT2D eigenvalue weighted by Gasteiger charge is -2.30. The van der Waals surface area contributed by atoms with Crippen molar-refractivity contribution >= 4 is 17.9 Å². The Balaban J connectivity index is 2.47. The Labute approximate surface area is 134 Å². The fraction of sp³-hybridized carbons (Fsp3) is 0.417. The number of hydrogen-bond acceptors (Lipinski definition) is 5. The molecule has 0 aromatic carbocycles. The van der Waals surface area contributed by atoms with Crippen molar-refractivity contribution in [2.24, 2.45) is 17.5 Å². The molecule has 2 heterocycles. The Morgan fingerprint density at radius 1 is 1.54 bits per heavy atom. The molecule has 24 heavy (non-hydrogen) atoms. The van der Waals surface area contributed by atoms with Crippen molar-refractivity contribution in [3.05, 3.63) is 23.7 Å². The maximum absolute atomic E-state index is 13.0. The molecule has 1 aromatic heterocycles. The van der Waals surface area contributed by atoms with Crippen LogP contribution in [-0.4, -0.2) is 46.4 Å². The van der Waals surface area contributed by atoms with Crippen molar-refractivity contribution in [1.82, 2.24) is 25.5 Å². The van der Waals surface area contributed by atoms with Crippen molar-refractivity contribution in [2.75, 3.05) is 7.05 Å². The molecule has 2 rings (SSSR count). The number of carbonyl (C=O) groups excluding carboxylic acids is 2. The van der Waals surface area contributed by atoms with E-state index in [0.29, 0.717) is 0 Å². The molecule has 1 unspecified atom stereocenters. The third-order valence-electron chi connectivity index (χ3n) is 3.25. The number of halogens is 3. The number of aryl methyl sites for hydroxylation is 1. The topological polar surface area (TPSA) is 104 Å². The van der Waals surface area contributed by atoms with E-state index in [4.69, 9.17) is 0 Å². The first-order valence-corrected chi connectivity index (χ1v) is 6.68. The maximum atomic E-state index is 13.0. The Kier molecular flexibility index (Phi) is 4.85. The predicted molar refractivity (Wildman–Crippen MR) is 74.5 cm³/mol. The molecule has 1 aliphatic heterocycles. The predicted octanol–water partition coefficient (Wildman–Crippen LogP) is 0.542. The number of aromatic nitrogens is 2. The minimum absolute atomic E-state index is 0.0780. The summed E-state index contributed by atoms with van der Waals surface area (Å²) in [5.74, 6) is -0.961. The average Bonchev–Trinajstić information content (AvgIpc) is 2.92. The summed E-state index contributed by atoms with van der Waals surface area (Å²) in [7, 11) is 2.92. The highest BCUT2D eigenvalue weighted by Gasteiger charge is 2.45. The van der Waals surface area contributed by atoms with Gasteiger partial charge in [-0.05, 0) is 16.5 Å². The van der Waals surface area contributed by atoms with Crippen molar-refractivity contribution in [2.45, 2.75) is 18.6 Å². The van der Waals surface area contributed by atoms with Crippen LogP contribution in [0.1, 0.15) is 12.1 Å². The van der Waals surface area contributed by atoms with Crippen molar-refractivity contribution in [3.8, 4) is 0 Å². The van der Waals surface area contributed by atoms with Crippen molar-refractivity contribution < 1.29 is 22.8 Å². The first-order valence-electron chi connectivity index (χ1n) is 6.68. The maximum Gasteiger partial charge on any atom is 0.408 e. The molecular formula is C12H14F3N7O2. The minimum atomic E-state index is -4.60.